The Labute approximate surface area is 155 Å². The molecular formula is C16H27Cl2N3OS. The van der Waals surface area contributed by atoms with E-state index in [-0.39, 0.29) is 36.8 Å². The summed E-state index contributed by atoms with van der Waals surface area (Å²) in [6.07, 6.45) is 4.85. The number of nitrogens with two attached hydrogens (primary N) is 1. The number of halogens is 2. The average Bonchev–Trinajstić information content (AvgIpc) is 2.92. The second-order valence-electron chi connectivity index (χ2n) is 5.40. The Balaban J connectivity index is 0.00000242. The summed E-state index contributed by atoms with van der Waals surface area (Å²) >= 11 is 1.72. The van der Waals surface area contributed by atoms with Crippen molar-refractivity contribution in [2.45, 2.75) is 25.3 Å². The lowest BCUT2D eigenvalue weighted by Crippen LogP contribution is -2.41. The molecule has 4 nitrogen and oxygen atoms in total. The lowest BCUT2D eigenvalue weighted by atomic mass is 10.2. The molecule has 1 amide bonds. The second kappa shape index (κ2) is 11.8. The summed E-state index contributed by atoms with van der Waals surface area (Å²) in [4.78, 5) is 14.2. The van der Waals surface area contributed by atoms with Gasteiger partial charge in [-0.2, -0.15) is 11.8 Å². The molecule has 0 saturated heterocycles. The molecule has 1 atom stereocenters. The van der Waals surface area contributed by atoms with Gasteiger partial charge in [0.2, 0.25) is 5.91 Å². The molecule has 0 saturated carbocycles. The van der Waals surface area contributed by atoms with Crippen molar-refractivity contribution >= 4 is 48.2 Å². The summed E-state index contributed by atoms with van der Waals surface area (Å²) in [5.74, 6) is 0.907. The van der Waals surface area contributed by atoms with E-state index in [0.717, 1.165) is 38.1 Å². The maximum atomic E-state index is 11.8. The SMILES string of the molecule is CSCC[C@H](N)C(=O)NCCCN1CCc2ccccc21.Cl.Cl. The van der Waals surface area contributed by atoms with Gasteiger partial charge in [-0.15, -0.1) is 24.8 Å². The zero-order chi connectivity index (χ0) is 15.1. The van der Waals surface area contributed by atoms with Crippen molar-refractivity contribution in [1.82, 2.24) is 5.32 Å². The van der Waals surface area contributed by atoms with E-state index < -0.39 is 0 Å². The van der Waals surface area contributed by atoms with Gasteiger partial charge < -0.3 is 16.0 Å². The number of fused-ring (bicyclic) bond motifs is 1. The Bertz CT molecular complexity index is 476. The van der Waals surface area contributed by atoms with E-state index in [4.69, 9.17) is 5.73 Å². The van der Waals surface area contributed by atoms with Gasteiger partial charge in [0.1, 0.15) is 0 Å². The number of amides is 1. The summed E-state index contributed by atoms with van der Waals surface area (Å²) in [5.41, 5.74) is 8.61. The maximum Gasteiger partial charge on any atom is 0.236 e. The molecule has 0 aromatic heterocycles. The van der Waals surface area contributed by atoms with Crippen LogP contribution in [0.3, 0.4) is 0 Å². The van der Waals surface area contributed by atoms with Crippen molar-refractivity contribution in [3.05, 3.63) is 29.8 Å². The number of nitrogens with one attached hydrogen (secondary N) is 1. The van der Waals surface area contributed by atoms with Gasteiger partial charge in [-0.3, -0.25) is 4.79 Å². The summed E-state index contributed by atoms with van der Waals surface area (Å²) < 4.78 is 0. The monoisotopic (exact) mass is 379 g/mol. The zero-order valence-electron chi connectivity index (χ0n) is 13.5. The van der Waals surface area contributed by atoms with Crippen LogP contribution in [0.1, 0.15) is 18.4 Å². The number of benzene rings is 1. The first kappa shape index (κ1) is 22.4. The lowest BCUT2D eigenvalue weighted by Gasteiger charge is -2.19. The molecule has 1 aromatic rings. The van der Waals surface area contributed by atoms with E-state index in [1.807, 2.05) is 6.26 Å². The van der Waals surface area contributed by atoms with Crippen molar-refractivity contribution in [2.75, 3.05) is 36.5 Å². The number of anilines is 1. The number of carbonyl (C=O) groups excluding carboxylic acids is 1. The average molecular weight is 380 g/mol. The smallest absolute Gasteiger partial charge is 0.236 e. The highest BCUT2D eigenvalue weighted by molar-refractivity contribution is 7.98. The molecule has 23 heavy (non-hydrogen) atoms. The van der Waals surface area contributed by atoms with Crippen molar-refractivity contribution in [3.63, 3.8) is 0 Å². The molecule has 0 aliphatic carbocycles. The lowest BCUT2D eigenvalue weighted by molar-refractivity contribution is -0.122. The number of thioether (sulfide) groups is 1. The van der Waals surface area contributed by atoms with Gasteiger partial charge in [-0.1, -0.05) is 18.2 Å². The van der Waals surface area contributed by atoms with E-state index in [1.54, 1.807) is 11.8 Å². The number of carbonyl (C=O) groups is 1. The third-order valence-corrected chi connectivity index (χ3v) is 4.50. The molecule has 2 rings (SSSR count). The predicted octanol–water partition coefficient (Wildman–Crippen LogP) is 2.48. The van der Waals surface area contributed by atoms with Gasteiger partial charge in [0.15, 0.2) is 0 Å². The third-order valence-electron chi connectivity index (χ3n) is 3.86. The molecule has 1 aliphatic rings. The minimum absolute atomic E-state index is 0. The fraction of sp³-hybridized carbons (Fsp3) is 0.562. The molecule has 132 valence electrons. The Hall–Kier alpha value is -0.620. The zero-order valence-corrected chi connectivity index (χ0v) is 15.9. The first-order chi connectivity index (χ1) is 10.2. The molecule has 0 bridgehead atoms. The van der Waals surface area contributed by atoms with Crippen LogP contribution in [-0.2, 0) is 11.2 Å². The van der Waals surface area contributed by atoms with Gasteiger partial charge in [0.25, 0.3) is 0 Å². The first-order valence-electron chi connectivity index (χ1n) is 7.57. The molecule has 1 heterocycles. The van der Waals surface area contributed by atoms with Crippen LogP contribution < -0.4 is 16.0 Å². The maximum absolute atomic E-state index is 11.8. The minimum Gasteiger partial charge on any atom is -0.371 e. The van der Waals surface area contributed by atoms with Crippen LogP contribution in [-0.4, -0.2) is 43.6 Å². The highest BCUT2D eigenvalue weighted by Gasteiger charge is 2.17. The fourth-order valence-electron chi connectivity index (χ4n) is 2.63. The van der Waals surface area contributed by atoms with Crippen molar-refractivity contribution in [1.29, 1.82) is 0 Å². The van der Waals surface area contributed by atoms with Crippen LogP contribution in [0.2, 0.25) is 0 Å². The summed E-state index contributed by atoms with van der Waals surface area (Å²) in [7, 11) is 0. The molecule has 0 radical (unpaired) electrons. The highest BCUT2D eigenvalue weighted by atomic mass is 35.5. The molecular weight excluding hydrogens is 353 g/mol. The predicted molar refractivity (Wildman–Crippen MR) is 105 cm³/mol. The summed E-state index contributed by atoms with van der Waals surface area (Å²) in [6.45, 7) is 2.77. The minimum atomic E-state index is -0.370. The summed E-state index contributed by atoms with van der Waals surface area (Å²) in [6, 6.07) is 8.19. The Morgan fingerprint density at radius 3 is 2.87 bits per heavy atom. The molecule has 1 aliphatic heterocycles. The van der Waals surface area contributed by atoms with Crippen LogP contribution in [0, 0.1) is 0 Å². The largest absolute Gasteiger partial charge is 0.371 e. The van der Waals surface area contributed by atoms with Crippen molar-refractivity contribution in [3.8, 4) is 0 Å². The Kier molecular flexibility index (Phi) is 11.5. The second-order valence-corrected chi connectivity index (χ2v) is 6.38. The number of hydrogen-bond donors (Lipinski definition) is 2. The van der Waals surface area contributed by atoms with Gasteiger partial charge in [0, 0.05) is 25.3 Å². The van der Waals surface area contributed by atoms with Crippen LogP contribution in [0.15, 0.2) is 24.3 Å². The molecule has 0 spiro atoms. The number of para-hydroxylation sites is 1. The Morgan fingerprint density at radius 1 is 1.39 bits per heavy atom. The van der Waals surface area contributed by atoms with E-state index in [9.17, 15) is 4.79 Å². The quantitative estimate of drug-likeness (QED) is 0.681. The number of hydrogen-bond acceptors (Lipinski definition) is 4. The molecule has 7 heteroatoms. The molecule has 3 N–H and O–H groups in total. The van der Waals surface area contributed by atoms with E-state index in [1.165, 1.54) is 11.3 Å². The number of rotatable bonds is 8. The van der Waals surface area contributed by atoms with Crippen LogP contribution in [0.4, 0.5) is 5.69 Å². The van der Waals surface area contributed by atoms with Gasteiger partial charge in [-0.25, -0.2) is 0 Å². The topological polar surface area (TPSA) is 58.4 Å². The first-order valence-corrected chi connectivity index (χ1v) is 8.97. The van der Waals surface area contributed by atoms with E-state index >= 15 is 0 Å². The van der Waals surface area contributed by atoms with Crippen molar-refractivity contribution in [2.24, 2.45) is 5.73 Å². The van der Waals surface area contributed by atoms with Crippen LogP contribution in [0.5, 0.6) is 0 Å². The normalized spacial score (nSPS) is 13.6. The fourth-order valence-corrected chi connectivity index (χ4v) is 3.12. The summed E-state index contributed by atoms with van der Waals surface area (Å²) in [5, 5.41) is 2.94. The van der Waals surface area contributed by atoms with Crippen LogP contribution in [0.25, 0.3) is 0 Å². The van der Waals surface area contributed by atoms with E-state index in [2.05, 4.69) is 34.5 Å². The van der Waals surface area contributed by atoms with Gasteiger partial charge >= 0.3 is 0 Å². The highest BCUT2D eigenvalue weighted by Crippen LogP contribution is 2.27. The molecule has 0 fully saturated rings. The standard InChI is InChI=1S/C16H25N3OS.2ClH/c1-21-12-8-14(17)16(20)18-9-4-10-19-11-7-13-5-2-3-6-15(13)19;;/h2-3,5-6,14H,4,7-12,17H2,1H3,(H,18,20);2*1H/t14-;;/m0../s1. The van der Waals surface area contributed by atoms with Crippen molar-refractivity contribution < 1.29 is 4.79 Å². The van der Waals surface area contributed by atoms with Gasteiger partial charge in [0.05, 0.1) is 6.04 Å². The molecule has 0 unspecified atom stereocenters. The van der Waals surface area contributed by atoms with E-state index in [0.29, 0.717) is 6.54 Å². The number of nitrogens with zero attached hydrogens (tertiary/aromatic N) is 1. The molecule has 1 aromatic carbocycles. The third kappa shape index (κ3) is 6.79. The van der Waals surface area contributed by atoms with Gasteiger partial charge in [-0.05, 0) is 42.9 Å². The Morgan fingerprint density at radius 2 is 2.13 bits per heavy atom. The van der Waals surface area contributed by atoms with Crippen LogP contribution >= 0.6 is 36.6 Å².